The normalized spacial score (nSPS) is 11.9. The van der Waals surface area contributed by atoms with Crippen molar-refractivity contribution in [1.82, 2.24) is 10.6 Å². The number of hydrogen-bond donors (Lipinski definition) is 4. The maximum absolute atomic E-state index is 11.6. The second-order valence-corrected chi connectivity index (χ2v) is 5.50. The molecule has 0 saturated heterocycles. The van der Waals surface area contributed by atoms with Crippen LogP contribution in [0.1, 0.15) is 46.5 Å². The van der Waals surface area contributed by atoms with Gasteiger partial charge >= 0.3 is 12.2 Å². The van der Waals surface area contributed by atoms with Crippen LogP contribution in [-0.2, 0) is 4.74 Å². The minimum Gasteiger partial charge on any atom is -0.463 e. The van der Waals surface area contributed by atoms with E-state index in [9.17, 15) is 9.59 Å². The molecule has 0 rings (SSSR count). The first-order valence-electron chi connectivity index (χ1n) is 7.00. The van der Waals surface area contributed by atoms with Gasteiger partial charge in [0.15, 0.2) is 0 Å². The van der Waals surface area contributed by atoms with Crippen molar-refractivity contribution >= 4 is 18.1 Å². The average molecular weight is 302 g/mol. The SMILES string of the molecule is CC(C)(C)OC(=O)NC(=NC(=O)O)NCCCCCCN. The van der Waals surface area contributed by atoms with E-state index >= 15 is 0 Å². The van der Waals surface area contributed by atoms with Gasteiger partial charge in [-0.2, -0.15) is 0 Å². The molecule has 21 heavy (non-hydrogen) atoms. The first-order valence-corrected chi connectivity index (χ1v) is 7.00. The first-order chi connectivity index (χ1) is 9.74. The van der Waals surface area contributed by atoms with E-state index in [1.165, 1.54) is 0 Å². The summed E-state index contributed by atoms with van der Waals surface area (Å²) in [6, 6.07) is 0. The molecule has 0 aliphatic heterocycles. The second-order valence-electron chi connectivity index (χ2n) is 5.50. The first kappa shape index (κ1) is 19.2. The van der Waals surface area contributed by atoms with Crippen LogP contribution in [0.2, 0.25) is 0 Å². The average Bonchev–Trinajstić information content (AvgIpc) is 2.30. The Balaban J connectivity index is 4.22. The molecule has 0 aliphatic rings. The minimum absolute atomic E-state index is 0.129. The summed E-state index contributed by atoms with van der Waals surface area (Å²) in [5.41, 5.74) is 4.72. The van der Waals surface area contributed by atoms with Crippen LogP contribution in [-0.4, -0.2) is 41.9 Å². The monoisotopic (exact) mass is 302 g/mol. The molecule has 0 aromatic heterocycles. The van der Waals surface area contributed by atoms with Gasteiger partial charge in [-0.05, 0) is 40.2 Å². The summed E-state index contributed by atoms with van der Waals surface area (Å²) in [4.78, 5) is 25.5. The number of guanidine groups is 1. The second kappa shape index (κ2) is 9.98. The number of nitrogens with two attached hydrogens (primary N) is 1. The summed E-state index contributed by atoms with van der Waals surface area (Å²) in [7, 11) is 0. The Labute approximate surface area is 125 Å². The fourth-order valence-electron chi connectivity index (χ4n) is 1.44. The van der Waals surface area contributed by atoms with Gasteiger partial charge < -0.3 is 20.9 Å². The van der Waals surface area contributed by atoms with Gasteiger partial charge in [-0.25, -0.2) is 9.59 Å². The lowest BCUT2D eigenvalue weighted by atomic mass is 10.2. The number of amides is 2. The Kier molecular flexibility index (Phi) is 9.11. The predicted molar refractivity (Wildman–Crippen MR) is 80.4 cm³/mol. The van der Waals surface area contributed by atoms with Crippen LogP contribution in [0, 0.1) is 0 Å². The number of carbonyl (C=O) groups excluding carboxylic acids is 1. The molecule has 122 valence electrons. The Morgan fingerprint density at radius 2 is 1.81 bits per heavy atom. The van der Waals surface area contributed by atoms with E-state index in [1.54, 1.807) is 20.8 Å². The topological polar surface area (TPSA) is 126 Å². The van der Waals surface area contributed by atoms with Gasteiger partial charge in [0.05, 0.1) is 0 Å². The molecule has 2 amide bonds. The van der Waals surface area contributed by atoms with Crippen LogP contribution in [0.15, 0.2) is 4.99 Å². The van der Waals surface area contributed by atoms with Gasteiger partial charge in [0, 0.05) is 6.54 Å². The molecule has 0 unspecified atom stereocenters. The number of hydrogen-bond acceptors (Lipinski definition) is 4. The van der Waals surface area contributed by atoms with Gasteiger partial charge in [-0.15, -0.1) is 4.99 Å². The number of ether oxygens (including phenoxy) is 1. The number of aliphatic imine (C=N–C) groups is 1. The zero-order valence-electron chi connectivity index (χ0n) is 12.9. The molecule has 0 atom stereocenters. The summed E-state index contributed by atoms with van der Waals surface area (Å²) in [5, 5.41) is 13.7. The predicted octanol–water partition coefficient (Wildman–Crippen LogP) is 1.65. The quantitative estimate of drug-likeness (QED) is 0.336. The standard InChI is InChI=1S/C13H26N4O4/c1-13(2,3)21-12(20)17-10(16-11(18)19)15-9-7-5-4-6-8-14/h4-9,14H2,1-3H3,(H,18,19)(H2,15,16,17,20). The highest BCUT2D eigenvalue weighted by molar-refractivity contribution is 5.98. The van der Waals surface area contributed by atoms with Crippen LogP contribution in [0.25, 0.3) is 0 Å². The fourth-order valence-corrected chi connectivity index (χ4v) is 1.44. The van der Waals surface area contributed by atoms with Gasteiger partial charge in [0.1, 0.15) is 5.60 Å². The van der Waals surface area contributed by atoms with Crippen molar-refractivity contribution < 1.29 is 19.4 Å². The highest BCUT2D eigenvalue weighted by Crippen LogP contribution is 2.06. The van der Waals surface area contributed by atoms with E-state index in [0.29, 0.717) is 13.1 Å². The number of unbranched alkanes of at least 4 members (excludes halogenated alkanes) is 3. The number of carboxylic acid groups (broad SMARTS) is 1. The molecule has 5 N–H and O–H groups in total. The Bertz CT molecular complexity index is 364. The highest BCUT2D eigenvalue weighted by atomic mass is 16.6. The Morgan fingerprint density at radius 3 is 2.33 bits per heavy atom. The molecule has 0 aromatic rings. The van der Waals surface area contributed by atoms with Gasteiger partial charge in [-0.1, -0.05) is 12.8 Å². The number of nitrogens with one attached hydrogen (secondary N) is 2. The van der Waals surface area contributed by atoms with Gasteiger partial charge in [0.25, 0.3) is 0 Å². The summed E-state index contributed by atoms with van der Waals surface area (Å²) in [6.45, 7) is 6.31. The van der Waals surface area contributed by atoms with Crippen molar-refractivity contribution in [3.63, 3.8) is 0 Å². The lowest BCUT2D eigenvalue weighted by Gasteiger charge is -2.20. The van der Waals surface area contributed by atoms with Crippen LogP contribution < -0.4 is 16.4 Å². The molecule has 0 heterocycles. The van der Waals surface area contributed by atoms with E-state index in [0.717, 1.165) is 25.7 Å². The summed E-state index contributed by atoms with van der Waals surface area (Å²) in [6.07, 6.45) is 1.64. The fraction of sp³-hybridized carbons (Fsp3) is 0.769. The molecule has 0 aromatic carbocycles. The Morgan fingerprint density at radius 1 is 1.19 bits per heavy atom. The number of alkyl carbamates (subject to hydrolysis) is 1. The summed E-state index contributed by atoms with van der Waals surface area (Å²) < 4.78 is 5.03. The lowest BCUT2D eigenvalue weighted by molar-refractivity contribution is 0.0561. The Hall–Kier alpha value is -1.83. The van der Waals surface area contributed by atoms with Gasteiger partial charge in [-0.3, -0.25) is 5.32 Å². The lowest BCUT2D eigenvalue weighted by Crippen LogP contribution is -2.44. The molecule has 8 heteroatoms. The molecule has 0 saturated carbocycles. The molecular formula is C13H26N4O4. The smallest absolute Gasteiger partial charge is 0.434 e. The van der Waals surface area contributed by atoms with Crippen LogP contribution >= 0.6 is 0 Å². The molecule has 0 radical (unpaired) electrons. The van der Waals surface area contributed by atoms with E-state index in [4.69, 9.17) is 15.6 Å². The third-order valence-electron chi connectivity index (χ3n) is 2.25. The van der Waals surface area contributed by atoms with Gasteiger partial charge in [0.2, 0.25) is 5.96 Å². The maximum Gasteiger partial charge on any atom is 0.434 e. The summed E-state index contributed by atoms with van der Waals surface area (Å²) >= 11 is 0. The molecular weight excluding hydrogens is 276 g/mol. The minimum atomic E-state index is -1.39. The van der Waals surface area contributed by atoms with Crippen LogP contribution in [0.4, 0.5) is 9.59 Å². The van der Waals surface area contributed by atoms with E-state index in [1.807, 2.05) is 0 Å². The largest absolute Gasteiger partial charge is 0.463 e. The molecule has 0 spiro atoms. The maximum atomic E-state index is 11.6. The van der Waals surface area contributed by atoms with Crippen molar-refractivity contribution in [1.29, 1.82) is 0 Å². The highest BCUT2D eigenvalue weighted by Gasteiger charge is 2.17. The molecule has 0 fully saturated rings. The van der Waals surface area contributed by atoms with E-state index in [-0.39, 0.29) is 5.96 Å². The molecule has 8 nitrogen and oxygen atoms in total. The van der Waals surface area contributed by atoms with Crippen molar-refractivity contribution in [2.24, 2.45) is 10.7 Å². The van der Waals surface area contributed by atoms with Crippen molar-refractivity contribution in [2.45, 2.75) is 52.1 Å². The van der Waals surface area contributed by atoms with Crippen molar-refractivity contribution in [3.8, 4) is 0 Å². The van der Waals surface area contributed by atoms with Crippen LogP contribution in [0.5, 0.6) is 0 Å². The molecule has 0 bridgehead atoms. The van der Waals surface area contributed by atoms with Crippen molar-refractivity contribution in [2.75, 3.05) is 13.1 Å². The third-order valence-corrected chi connectivity index (χ3v) is 2.25. The molecule has 0 aliphatic carbocycles. The van der Waals surface area contributed by atoms with Crippen molar-refractivity contribution in [3.05, 3.63) is 0 Å². The number of rotatable bonds is 6. The number of carbonyl (C=O) groups is 2. The number of nitrogens with zero attached hydrogens (tertiary/aromatic N) is 1. The van der Waals surface area contributed by atoms with Crippen LogP contribution in [0.3, 0.4) is 0 Å². The van der Waals surface area contributed by atoms with E-state index in [2.05, 4.69) is 15.6 Å². The summed E-state index contributed by atoms with van der Waals surface area (Å²) in [5.74, 6) is -0.129. The zero-order valence-corrected chi connectivity index (χ0v) is 12.9. The van der Waals surface area contributed by atoms with E-state index < -0.39 is 17.8 Å². The third kappa shape index (κ3) is 12.9. The zero-order chi connectivity index (χ0) is 16.3.